The fourth-order valence-corrected chi connectivity index (χ4v) is 7.11. The maximum atomic E-state index is 12.9. The first-order valence-corrected chi connectivity index (χ1v) is 15.7. The highest BCUT2D eigenvalue weighted by molar-refractivity contribution is 5.91. The van der Waals surface area contributed by atoms with Crippen molar-refractivity contribution in [2.75, 3.05) is 0 Å². The van der Waals surface area contributed by atoms with Gasteiger partial charge in [0.15, 0.2) is 0 Å². The number of nitro groups is 2. The molecule has 3 aliphatic rings. The van der Waals surface area contributed by atoms with E-state index in [0.717, 1.165) is 35.8 Å². The van der Waals surface area contributed by atoms with Crippen LogP contribution in [0.3, 0.4) is 0 Å². The molecule has 3 aliphatic carbocycles. The first-order valence-electron chi connectivity index (χ1n) is 15.7. The molecule has 0 saturated heterocycles. The van der Waals surface area contributed by atoms with E-state index < -0.39 is 33.3 Å². The lowest BCUT2D eigenvalue weighted by atomic mass is 9.67. The predicted molar refractivity (Wildman–Crippen MR) is 169 cm³/mol. The summed E-state index contributed by atoms with van der Waals surface area (Å²) in [5.41, 5.74) is 2.66. The summed E-state index contributed by atoms with van der Waals surface area (Å²) in [6, 6.07) is 2.88. The zero-order valence-corrected chi connectivity index (χ0v) is 26.2. The van der Waals surface area contributed by atoms with Gasteiger partial charge in [0.25, 0.3) is 11.4 Å². The molecule has 8 heteroatoms. The van der Waals surface area contributed by atoms with Crippen LogP contribution in [0.2, 0.25) is 0 Å². The third kappa shape index (κ3) is 7.70. The lowest BCUT2D eigenvalue weighted by Gasteiger charge is -2.38. The van der Waals surface area contributed by atoms with Crippen LogP contribution in [-0.2, 0) is 4.74 Å². The van der Waals surface area contributed by atoms with Crippen molar-refractivity contribution in [3.05, 3.63) is 91.6 Å². The summed E-state index contributed by atoms with van der Waals surface area (Å²) in [4.78, 5) is 33.9. The molecule has 0 bridgehead atoms. The minimum atomic E-state index is -0.798. The standard InChI is InChI=1S/C35H46N2O6/c1-22(2)23(3)9-10-25(5)29-19-33-26(8-7-15-35(33,6)21-29)12-13-27-18-32(14-11-24(27)4)43-34(38)28-16-30(36(39)40)20-31(17-28)37(41)42/h9-10,12-13,16-17,20,22-23,25,29,32-33H,4,7-8,11,14-15,18-19,21H2,1-3,5-6H3/b10-9+,26-12-,27-13-/t23-,25+,29+,32+,33-,35-/m0/s1. The van der Waals surface area contributed by atoms with Crippen LogP contribution in [0.4, 0.5) is 11.4 Å². The molecule has 3 saturated carbocycles. The van der Waals surface area contributed by atoms with Gasteiger partial charge in [-0.3, -0.25) is 20.2 Å². The Morgan fingerprint density at radius 2 is 1.72 bits per heavy atom. The average molecular weight is 591 g/mol. The van der Waals surface area contributed by atoms with Gasteiger partial charge in [-0.15, -0.1) is 0 Å². The van der Waals surface area contributed by atoms with Crippen molar-refractivity contribution in [1.29, 1.82) is 0 Å². The van der Waals surface area contributed by atoms with Gasteiger partial charge in [0.2, 0.25) is 0 Å². The summed E-state index contributed by atoms with van der Waals surface area (Å²) in [5, 5.41) is 22.5. The van der Waals surface area contributed by atoms with Crippen LogP contribution in [-0.4, -0.2) is 21.9 Å². The average Bonchev–Trinajstić information content (AvgIpc) is 3.33. The monoisotopic (exact) mass is 590 g/mol. The molecule has 0 heterocycles. The summed E-state index contributed by atoms with van der Waals surface area (Å²) in [7, 11) is 0. The van der Waals surface area contributed by atoms with Crippen LogP contribution >= 0.6 is 0 Å². The van der Waals surface area contributed by atoms with Crippen LogP contribution in [0.25, 0.3) is 0 Å². The summed E-state index contributed by atoms with van der Waals surface area (Å²) in [6.07, 6.45) is 16.6. The number of rotatable bonds is 9. The number of hydrogen-bond acceptors (Lipinski definition) is 6. The third-order valence-electron chi connectivity index (χ3n) is 10.3. The Kier molecular flexibility index (Phi) is 10.1. The van der Waals surface area contributed by atoms with Crippen molar-refractivity contribution < 1.29 is 19.4 Å². The maximum absolute atomic E-state index is 12.9. The van der Waals surface area contributed by atoms with E-state index in [4.69, 9.17) is 4.74 Å². The van der Waals surface area contributed by atoms with Crippen LogP contribution in [0.1, 0.15) is 96.3 Å². The van der Waals surface area contributed by atoms with Gasteiger partial charge in [-0.25, -0.2) is 4.79 Å². The molecular formula is C35H46N2O6. The molecule has 0 amide bonds. The second-order valence-electron chi connectivity index (χ2n) is 13.7. The third-order valence-corrected chi connectivity index (χ3v) is 10.3. The minimum Gasteiger partial charge on any atom is -0.458 e. The first-order chi connectivity index (χ1) is 20.3. The van der Waals surface area contributed by atoms with Gasteiger partial charge in [-0.05, 0) is 85.5 Å². The number of fused-ring (bicyclic) bond motifs is 1. The molecule has 43 heavy (non-hydrogen) atoms. The van der Waals surface area contributed by atoms with Gasteiger partial charge < -0.3 is 4.74 Å². The van der Waals surface area contributed by atoms with Crippen molar-refractivity contribution >= 4 is 17.3 Å². The Morgan fingerprint density at radius 3 is 2.35 bits per heavy atom. The van der Waals surface area contributed by atoms with E-state index in [1.807, 2.05) is 0 Å². The highest BCUT2D eigenvalue weighted by atomic mass is 16.6. The number of esters is 1. The number of hydrogen-bond donors (Lipinski definition) is 0. The van der Waals surface area contributed by atoms with Crippen LogP contribution in [0.15, 0.2) is 65.8 Å². The molecule has 0 aromatic heterocycles. The topological polar surface area (TPSA) is 113 Å². The highest BCUT2D eigenvalue weighted by Crippen LogP contribution is 2.58. The molecule has 0 spiro atoms. The van der Waals surface area contributed by atoms with Gasteiger partial charge in [0.05, 0.1) is 21.5 Å². The van der Waals surface area contributed by atoms with E-state index in [9.17, 15) is 25.0 Å². The normalized spacial score (nSPS) is 29.2. The lowest BCUT2D eigenvalue weighted by Crippen LogP contribution is -2.27. The maximum Gasteiger partial charge on any atom is 0.338 e. The van der Waals surface area contributed by atoms with Gasteiger partial charge in [-0.1, -0.05) is 76.6 Å². The molecule has 0 unspecified atom stereocenters. The largest absolute Gasteiger partial charge is 0.458 e. The molecule has 1 aromatic rings. The van der Waals surface area contributed by atoms with E-state index in [1.54, 1.807) is 0 Å². The van der Waals surface area contributed by atoms with Crippen LogP contribution < -0.4 is 0 Å². The van der Waals surface area contributed by atoms with E-state index in [1.165, 1.54) is 31.3 Å². The van der Waals surface area contributed by atoms with E-state index in [2.05, 4.69) is 65.5 Å². The first kappa shape index (κ1) is 32.4. The Bertz CT molecular complexity index is 1330. The Hall–Kier alpha value is -3.55. The van der Waals surface area contributed by atoms with E-state index in [0.29, 0.717) is 54.3 Å². The molecule has 0 aliphatic heterocycles. The van der Waals surface area contributed by atoms with Gasteiger partial charge in [0.1, 0.15) is 6.10 Å². The van der Waals surface area contributed by atoms with Crippen LogP contribution in [0, 0.1) is 55.2 Å². The van der Waals surface area contributed by atoms with Crippen LogP contribution in [0.5, 0.6) is 0 Å². The number of non-ortho nitro benzene ring substituents is 2. The predicted octanol–water partition coefficient (Wildman–Crippen LogP) is 9.32. The van der Waals surface area contributed by atoms with Gasteiger partial charge in [-0.2, -0.15) is 0 Å². The zero-order valence-electron chi connectivity index (χ0n) is 26.2. The number of carbonyl (C=O) groups excluding carboxylic acids is 1. The molecule has 3 fully saturated rings. The van der Waals surface area contributed by atoms with Crippen molar-refractivity contribution in [1.82, 2.24) is 0 Å². The Balaban J connectivity index is 1.46. The fraction of sp³-hybridized carbons (Fsp3) is 0.571. The number of carbonyl (C=O) groups is 1. The SMILES string of the molecule is C=C1CC[C@@H](OC(=O)c2cc([N+](=O)[O-])cc([N+](=O)[O-])c2)C/C1=C/C=C1/CCC[C@@]2(C)C[C@H]([C@H](C)/C=C/[C@H](C)C(C)C)C[C@@H]12. The molecule has 6 atom stereocenters. The van der Waals surface area contributed by atoms with Gasteiger partial charge in [0, 0.05) is 18.6 Å². The lowest BCUT2D eigenvalue weighted by molar-refractivity contribution is -0.394. The second kappa shape index (κ2) is 13.4. The molecule has 232 valence electrons. The summed E-state index contributed by atoms with van der Waals surface area (Å²) >= 11 is 0. The van der Waals surface area contributed by atoms with Crippen molar-refractivity contribution in [2.24, 2.45) is 35.0 Å². The molecule has 0 radical (unpaired) electrons. The zero-order chi connectivity index (χ0) is 31.5. The summed E-state index contributed by atoms with van der Waals surface area (Å²) < 4.78 is 5.70. The summed E-state index contributed by atoms with van der Waals surface area (Å²) in [6.45, 7) is 15.9. The summed E-state index contributed by atoms with van der Waals surface area (Å²) in [5.74, 6) is 2.24. The molecule has 0 N–H and O–H groups in total. The number of ether oxygens (including phenoxy) is 1. The smallest absolute Gasteiger partial charge is 0.338 e. The van der Waals surface area contributed by atoms with Gasteiger partial charge >= 0.3 is 5.97 Å². The quantitative estimate of drug-likeness (QED) is 0.123. The highest BCUT2D eigenvalue weighted by Gasteiger charge is 2.47. The van der Waals surface area contributed by atoms with E-state index >= 15 is 0 Å². The minimum absolute atomic E-state index is 0.196. The van der Waals surface area contributed by atoms with Crippen molar-refractivity contribution in [3.63, 3.8) is 0 Å². The van der Waals surface area contributed by atoms with Crippen molar-refractivity contribution in [3.8, 4) is 0 Å². The van der Waals surface area contributed by atoms with Crippen molar-refractivity contribution in [2.45, 2.75) is 92.1 Å². The molecule has 4 rings (SSSR count). The fourth-order valence-electron chi connectivity index (χ4n) is 7.11. The molecule has 8 nitrogen and oxygen atoms in total. The Labute approximate surface area is 255 Å². The molecular weight excluding hydrogens is 544 g/mol. The number of allylic oxidation sites excluding steroid dienone is 6. The number of benzene rings is 1. The number of nitrogens with zero attached hydrogens (tertiary/aromatic N) is 2. The Morgan fingerprint density at radius 1 is 1.05 bits per heavy atom. The molecule has 1 aromatic carbocycles. The number of nitro benzene ring substituents is 2. The van der Waals surface area contributed by atoms with E-state index in [-0.39, 0.29) is 5.56 Å². The second-order valence-corrected chi connectivity index (χ2v) is 13.7.